The fraction of sp³-hybridized carbons (Fsp3) is 0.429. The molecule has 29 heavy (non-hydrogen) atoms. The van der Waals surface area contributed by atoms with E-state index in [9.17, 15) is 14.4 Å². The zero-order valence-corrected chi connectivity index (χ0v) is 17.2. The van der Waals surface area contributed by atoms with E-state index in [4.69, 9.17) is 4.74 Å². The molecule has 8 heteroatoms. The van der Waals surface area contributed by atoms with Gasteiger partial charge in [0, 0.05) is 13.2 Å². The van der Waals surface area contributed by atoms with E-state index in [2.05, 4.69) is 15.7 Å². The molecule has 0 unspecified atom stereocenters. The van der Waals surface area contributed by atoms with Crippen molar-refractivity contribution in [3.63, 3.8) is 0 Å². The molecule has 0 aliphatic heterocycles. The second-order valence-corrected chi connectivity index (χ2v) is 7.32. The summed E-state index contributed by atoms with van der Waals surface area (Å²) in [6.45, 7) is 5.61. The maximum atomic E-state index is 12.5. The summed E-state index contributed by atoms with van der Waals surface area (Å²) >= 11 is 0. The highest BCUT2D eigenvalue weighted by Gasteiger charge is 2.26. The number of ether oxygens (including phenoxy) is 1. The Kier molecular flexibility index (Phi) is 7.94. The van der Waals surface area contributed by atoms with Crippen molar-refractivity contribution in [2.75, 3.05) is 0 Å². The molecule has 2 aromatic rings. The van der Waals surface area contributed by atoms with Gasteiger partial charge in [0.1, 0.15) is 24.4 Å². The molecule has 0 spiro atoms. The van der Waals surface area contributed by atoms with Crippen molar-refractivity contribution in [2.45, 2.75) is 45.9 Å². The van der Waals surface area contributed by atoms with Gasteiger partial charge in [-0.15, -0.1) is 0 Å². The number of hydrogen-bond donors (Lipinski definition) is 2. The summed E-state index contributed by atoms with van der Waals surface area (Å²) < 4.78 is 6.79. The first kappa shape index (κ1) is 22.1. The molecule has 2 rings (SSSR count). The van der Waals surface area contributed by atoms with Crippen molar-refractivity contribution in [2.24, 2.45) is 13.0 Å². The summed E-state index contributed by atoms with van der Waals surface area (Å²) in [5.41, 5.74) is 1.21. The van der Waals surface area contributed by atoms with Crippen LogP contribution in [-0.4, -0.2) is 39.6 Å². The molecule has 0 saturated carbocycles. The molecule has 2 atom stereocenters. The number of aryl methyl sites for hydroxylation is 1. The molecule has 0 radical (unpaired) electrons. The van der Waals surface area contributed by atoms with Gasteiger partial charge in [-0.05, 0) is 30.9 Å². The van der Waals surface area contributed by atoms with Crippen LogP contribution in [0.25, 0.3) is 0 Å². The van der Waals surface area contributed by atoms with Gasteiger partial charge < -0.3 is 15.4 Å². The van der Waals surface area contributed by atoms with Crippen molar-refractivity contribution in [3.8, 4) is 0 Å². The van der Waals surface area contributed by atoms with Crippen LogP contribution >= 0.6 is 0 Å². The lowest BCUT2D eigenvalue weighted by Gasteiger charge is -2.22. The van der Waals surface area contributed by atoms with E-state index in [-0.39, 0.29) is 12.5 Å². The topological polar surface area (TPSA) is 102 Å². The zero-order chi connectivity index (χ0) is 21.4. The van der Waals surface area contributed by atoms with E-state index >= 15 is 0 Å². The molecular formula is C21H28N4O4. The SMILES string of the molecule is CC(C)C[C@H](NC(=O)[C@H](C)NC(=O)c1ccnn1C)C(=O)OCc1ccccc1. The Morgan fingerprint density at radius 3 is 2.34 bits per heavy atom. The van der Waals surface area contributed by atoms with Crippen molar-refractivity contribution < 1.29 is 19.1 Å². The average Bonchev–Trinajstić information content (AvgIpc) is 3.12. The summed E-state index contributed by atoms with van der Waals surface area (Å²) in [5, 5.41) is 9.25. The monoisotopic (exact) mass is 400 g/mol. The first-order valence-corrected chi connectivity index (χ1v) is 9.57. The van der Waals surface area contributed by atoms with Crippen LogP contribution in [0.15, 0.2) is 42.6 Å². The van der Waals surface area contributed by atoms with Gasteiger partial charge in [0.05, 0.1) is 0 Å². The number of esters is 1. The Morgan fingerprint density at radius 2 is 1.76 bits per heavy atom. The minimum atomic E-state index is -0.825. The lowest BCUT2D eigenvalue weighted by Crippen LogP contribution is -2.51. The Labute approximate surface area is 170 Å². The average molecular weight is 400 g/mol. The predicted molar refractivity (Wildman–Crippen MR) is 108 cm³/mol. The molecule has 0 aliphatic carbocycles. The van der Waals surface area contributed by atoms with Gasteiger partial charge in [-0.25, -0.2) is 4.79 Å². The van der Waals surface area contributed by atoms with Crippen molar-refractivity contribution in [3.05, 3.63) is 53.9 Å². The molecule has 0 bridgehead atoms. The summed E-state index contributed by atoms with van der Waals surface area (Å²) in [7, 11) is 1.64. The van der Waals surface area contributed by atoms with Crippen LogP contribution in [0, 0.1) is 5.92 Å². The second-order valence-electron chi connectivity index (χ2n) is 7.32. The van der Waals surface area contributed by atoms with E-state index in [1.807, 2.05) is 44.2 Å². The smallest absolute Gasteiger partial charge is 0.328 e. The first-order valence-electron chi connectivity index (χ1n) is 9.57. The molecule has 0 saturated heterocycles. The molecule has 2 amide bonds. The van der Waals surface area contributed by atoms with Gasteiger partial charge >= 0.3 is 5.97 Å². The van der Waals surface area contributed by atoms with Crippen molar-refractivity contribution >= 4 is 17.8 Å². The third-order valence-corrected chi connectivity index (χ3v) is 4.33. The fourth-order valence-corrected chi connectivity index (χ4v) is 2.74. The van der Waals surface area contributed by atoms with Crippen LogP contribution < -0.4 is 10.6 Å². The highest BCUT2D eigenvalue weighted by molar-refractivity contribution is 5.96. The van der Waals surface area contributed by atoms with Crippen LogP contribution in [0.1, 0.15) is 43.2 Å². The Bertz CT molecular complexity index is 832. The molecular weight excluding hydrogens is 372 g/mol. The van der Waals surface area contributed by atoms with Crippen LogP contribution in [-0.2, 0) is 28.0 Å². The summed E-state index contributed by atoms with van der Waals surface area (Å²) in [6, 6.07) is 9.28. The molecule has 1 aromatic carbocycles. The summed E-state index contributed by atoms with van der Waals surface area (Å²) in [6.07, 6.45) is 1.93. The van der Waals surface area contributed by atoms with Crippen LogP contribution in [0.3, 0.4) is 0 Å². The van der Waals surface area contributed by atoms with Gasteiger partial charge in [-0.2, -0.15) is 5.10 Å². The number of benzene rings is 1. The molecule has 0 fully saturated rings. The number of nitrogens with zero attached hydrogens (tertiary/aromatic N) is 2. The Morgan fingerprint density at radius 1 is 1.07 bits per heavy atom. The predicted octanol–water partition coefficient (Wildman–Crippen LogP) is 1.81. The number of hydrogen-bond acceptors (Lipinski definition) is 5. The Balaban J connectivity index is 1.94. The fourth-order valence-electron chi connectivity index (χ4n) is 2.74. The maximum Gasteiger partial charge on any atom is 0.328 e. The molecule has 1 aromatic heterocycles. The number of aromatic nitrogens is 2. The van der Waals surface area contributed by atoms with Crippen LogP contribution in [0.5, 0.6) is 0 Å². The van der Waals surface area contributed by atoms with Crippen molar-refractivity contribution in [1.82, 2.24) is 20.4 Å². The van der Waals surface area contributed by atoms with E-state index in [0.717, 1.165) is 5.56 Å². The number of carbonyl (C=O) groups excluding carboxylic acids is 3. The molecule has 156 valence electrons. The van der Waals surface area contributed by atoms with E-state index < -0.39 is 29.9 Å². The number of nitrogens with one attached hydrogen (secondary N) is 2. The largest absolute Gasteiger partial charge is 0.459 e. The number of carbonyl (C=O) groups is 3. The van der Waals surface area contributed by atoms with Gasteiger partial charge in [-0.1, -0.05) is 44.2 Å². The van der Waals surface area contributed by atoms with Gasteiger partial charge in [0.2, 0.25) is 5.91 Å². The highest BCUT2D eigenvalue weighted by Crippen LogP contribution is 2.09. The Hall–Kier alpha value is -3.16. The molecule has 0 aliphatic rings. The van der Waals surface area contributed by atoms with E-state index in [0.29, 0.717) is 12.1 Å². The quantitative estimate of drug-likeness (QED) is 0.625. The van der Waals surface area contributed by atoms with Gasteiger partial charge in [-0.3, -0.25) is 14.3 Å². The molecule has 2 N–H and O–H groups in total. The lowest BCUT2D eigenvalue weighted by molar-refractivity contribution is -0.149. The lowest BCUT2D eigenvalue weighted by atomic mass is 10.0. The highest BCUT2D eigenvalue weighted by atomic mass is 16.5. The zero-order valence-electron chi connectivity index (χ0n) is 17.2. The maximum absolute atomic E-state index is 12.5. The first-order chi connectivity index (χ1) is 13.8. The van der Waals surface area contributed by atoms with Crippen molar-refractivity contribution in [1.29, 1.82) is 0 Å². The van der Waals surface area contributed by atoms with Crippen LogP contribution in [0.2, 0.25) is 0 Å². The third kappa shape index (κ3) is 6.74. The molecule has 8 nitrogen and oxygen atoms in total. The number of amides is 2. The minimum absolute atomic E-state index is 0.136. The number of rotatable bonds is 9. The van der Waals surface area contributed by atoms with Gasteiger partial charge in [0.15, 0.2) is 0 Å². The standard InChI is InChI=1S/C21H28N4O4/c1-14(2)12-17(21(28)29-13-16-8-6-5-7-9-16)24-19(26)15(3)23-20(27)18-10-11-22-25(18)4/h5-11,14-15,17H,12-13H2,1-4H3,(H,23,27)(H,24,26)/t15-,17-/m0/s1. The third-order valence-electron chi connectivity index (χ3n) is 4.33. The molecule has 1 heterocycles. The van der Waals surface area contributed by atoms with E-state index in [1.165, 1.54) is 10.9 Å². The summed E-state index contributed by atoms with van der Waals surface area (Å²) in [4.78, 5) is 37.3. The van der Waals surface area contributed by atoms with Crippen LogP contribution in [0.4, 0.5) is 0 Å². The normalized spacial score (nSPS) is 12.9. The minimum Gasteiger partial charge on any atom is -0.459 e. The summed E-state index contributed by atoms with van der Waals surface area (Å²) in [5.74, 6) is -1.20. The second kappa shape index (κ2) is 10.4. The van der Waals surface area contributed by atoms with E-state index in [1.54, 1.807) is 20.0 Å². The van der Waals surface area contributed by atoms with Gasteiger partial charge in [0.25, 0.3) is 5.91 Å².